The maximum absolute atomic E-state index is 9.00. The molecule has 0 spiro atoms. The number of nitrogens with one attached hydrogen (secondary N) is 1. The van der Waals surface area contributed by atoms with Crippen LogP contribution in [0.3, 0.4) is 0 Å². The lowest BCUT2D eigenvalue weighted by Crippen LogP contribution is -1.78. The fourth-order valence-electron chi connectivity index (χ4n) is 0. The van der Waals surface area contributed by atoms with Crippen molar-refractivity contribution in [3.63, 3.8) is 0 Å². The number of hydrogen-bond acceptors (Lipinski definition) is 3. The zero-order valence-electron chi connectivity index (χ0n) is 3.26. The summed E-state index contributed by atoms with van der Waals surface area (Å²) in [4.78, 5) is 16.5. The summed E-state index contributed by atoms with van der Waals surface area (Å²) in [6, 6.07) is 0. The second-order valence-electron chi connectivity index (χ2n) is 0.519. The van der Waals surface area contributed by atoms with Crippen molar-refractivity contribution >= 4 is 5.97 Å². The average Bonchev–Trinajstić information content (AvgIpc) is 1.41. The van der Waals surface area contributed by atoms with E-state index in [9.17, 15) is 0 Å². The van der Waals surface area contributed by atoms with Crippen LogP contribution in [0.4, 0.5) is 0 Å². The van der Waals surface area contributed by atoms with Crippen LogP contribution in [-0.4, -0.2) is 11.1 Å². The lowest BCUT2D eigenvalue weighted by molar-refractivity contribution is -0.134. The largest absolute Gasteiger partial charge is 0.481 e. The molecule has 4 heteroatoms. The molecule has 0 saturated heterocycles. The van der Waals surface area contributed by atoms with Crippen LogP contribution in [0, 0.1) is 10.5 Å². The normalized spacial score (nSPS) is 4.83. The molecule has 0 bridgehead atoms. The number of hydrogen-bond donors (Lipinski definition) is 2. The van der Waals surface area contributed by atoms with Gasteiger partial charge in [0.05, 0.1) is 0 Å². The molecule has 0 aliphatic heterocycles. The van der Waals surface area contributed by atoms with Crippen molar-refractivity contribution in [1.82, 2.24) is 0 Å². The summed E-state index contributed by atoms with van der Waals surface area (Å²) >= 11 is 0. The Morgan fingerprint density at radius 1 is 1.67 bits per heavy atom. The van der Waals surface area contributed by atoms with Gasteiger partial charge in [0.25, 0.3) is 5.97 Å². The summed E-state index contributed by atoms with van der Waals surface area (Å²) in [6.45, 7) is 1.08. The Kier molecular flexibility index (Phi) is 13.3. The zero-order chi connectivity index (χ0) is 5.58. The Hall–Kier alpha value is -0.930. The maximum Gasteiger partial charge on any atom is 0.300 e. The molecule has 0 heterocycles. The first-order chi connectivity index (χ1) is 2.73. The van der Waals surface area contributed by atoms with Gasteiger partial charge in [0.15, 0.2) is 0 Å². The van der Waals surface area contributed by atoms with Gasteiger partial charge >= 0.3 is 0 Å². The Balaban J connectivity index is 0. The van der Waals surface area contributed by atoms with E-state index in [0.29, 0.717) is 0 Å². The zero-order valence-corrected chi connectivity index (χ0v) is 3.26. The molecule has 6 heavy (non-hydrogen) atoms. The van der Waals surface area contributed by atoms with E-state index >= 15 is 0 Å². The number of aliphatic carboxylic acids is 1. The number of carbonyl (C=O) groups is 1. The van der Waals surface area contributed by atoms with E-state index in [1.807, 2.05) is 0 Å². The van der Waals surface area contributed by atoms with Crippen LogP contribution >= 0.6 is 0 Å². The average molecular weight is 91.1 g/mol. The molecule has 0 aliphatic rings. The predicted octanol–water partition coefficient (Wildman–Crippen LogP) is 0.422. The molecular weight excluding hydrogens is 86.0 g/mol. The molecule has 0 rings (SSSR count). The molecule has 0 radical (unpaired) electrons. The van der Waals surface area contributed by atoms with Crippen molar-refractivity contribution in [2.45, 2.75) is 6.92 Å². The summed E-state index contributed by atoms with van der Waals surface area (Å²) in [6.07, 6.45) is 0. The minimum Gasteiger partial charge on any atom is -0.481 e. The molecule has 0 aromatic heterocycles. The fourth-order valence-corrected chi connectivity index (χ4v) is 0. The van der Waals surface area contributed by atoms with Crippen LogP contribution in [-0.2, 0) is 4.79 Å². The lowest BCUT2D eigenvalue weighted by Gasteiger charge is -1.59. The van der Waals surface area contributed by atoms with Gasteiger partial charge in [-0.15, -0.1) is 0 Å². The first-order valence-corrected chi connectivity index (χ1v) is 1.13. The van der Waals surface area contributed by atoms with Crippen LogP contribution in [0.15, 0.2) is 0 Å². The van der Waals surface area contributed by atoms with Crippen molar-refractivity contribution in [2.24, 2.45) is 0 Å². The Morgan fingerprint density at radius 3 is 1.67 bits per heavy atom. The van der Waals surface area contributed by atoms with Gasteiger partial charge in [0.1, 0.15) is 0 Å². The summed E-state index contributed by atoms with van der Waals surface area (Å²) < 4.78 is 0. The molecular formula is C2H5NO3. The molecule has 0 aromatic rings. The topological polar surface area (TPSA) is 78.2 Å². The van der Waals surface area contributed by atoms with E-state index in [2.05, 4.69) is 5.59 Å². The Morgan fingerprint density at radius 2 is 1.67 bits per heavy atom. The Bertz CT molecular complexity index is 40.1. The molecule has 36 valence electrons. The minimum atomic E-state index is -0.833. The summed E-state index contributed by atoms with van der Waals surface area (Å²) in [5, 5.41) is 7.42. The van der Waals surface area contributed by atoms with Gasteiger partial charge in [0.2, 0.25) is 0 Å². The van der Waals surface area contributed by atoms with E-state index in [-0.39, 0.29) is 0 Å². The highest BCUT2D eigenvalue weighted by Crippen LogP contribution is 1.42. The number of carboxylic acids is 1. The van der Waals surface area contributed by atoms with E-state index < -0.39 is 5.97 Å². The molecule has 4 nitrogen and oxygen atoms in total. The van der Waals surface area contributed by atoms with Crippen LogP contribution in [0.25, 0.3) is 0 Å². The van der Waals surface area contributed by atoms with Crippen molar-refractivity contribution < 1.29 is 9.90 Å². The minimum absolute atomic E-state index is 0.833. The molecule has 0 saturated carbocycles. The van der Waals surface area contributed by atoms with Gasteiger partial charge < -0.3 is 5.11 Å². The summed E-state index contributed by atoms with van der Waals surface area (Å²) in [7, 11) is 0. The van der Waals surface area contributed by atoms with E-state index in [1.165, 1.54) is 0 Å². The SMILES string of the molecule is CC(=O)O.N=O. The van der Waals surface area contributed by atoms with Crippen LogP contribution < -0.4 is 0 Å². The van der Waals surface area contributed by atoms with Crippen molar-refractivity contribution in [1.29, 1.82) is 5.59 Å². The van der Waals surface area contributed by atoms with E-state index in [4.69, 9.17) is 14.8 Å². The van der Waals surface area contributed by atoms with Gasteiger partial charge in [-0.25, -0.2) is 0 Å². The highest BCUT2D eigenvalue weighted by atomic mass is 16.4. The van der Waals surface area contributed by atoms with Gasteiger partial charge in [-0.1, -0.05) is 5.59 Å². The first kappa shape index (κ1) is 8.91. The summed E-state index contributed by atoms with van der Waals surface area (Å²) in [5.74, 6) is -0.833. The maximum atomic E-state index is 9.00. The van der Waals surface area contributed by atoms with Crippen LogP contribution in [0.2, 0.25) is 0 Å². The fraction of sp³-hybridized carbons (Fsp3) is 0.500. The highest BCUT2D eigenvalue weighted by Gasteiger charge is 1.65. The second-order valence-corrected chi connectivity index (χ2v) is 0.519. The third-order valence-corrected chi connectivity index (χ3v) is 0. The number of nitroso groups, excluding NO2 is 1. The number of carboxylic acid groups (broad SMARTS) is 1. The second kappa shape index (κ2) is 8.95. The predicted molar refractivity (Wildman–Crippen MR) is 19.4 cm³/mol. The van der Waals surface area contributed by atoms with E-state index in [0.717, 1.165) is 6.92 Å². The smallest absolute Gasteiger partial charge is 0.300 e. The van der Waals surface area contributed by atoms with Crippen molar-refractivity contribution in [2.75, 3.05) is 0 Å². The summed E-state index contributed by atoms with van der Waals surface area (Å²) in [5.41, 5.74) is 4.50. The first-order valence-electron chi connectivity index (χ1n) is 1.13. The monoisotopic (exact) mass is 91.0 g/mol. The Labute approximate surface area is 34.6 Å². The van der Waals surface area contributed by atoms with Crippen molar-refractivity contribution in [3.05, 3.63) is 4.91 Å². The van der Waals surface area contributed by atoms with Crippen molar-refractivity contribution in [3.8, 4) is 0 Å². The van der Waals surface area contributed by atoms with Gasteiger partial charge in [-0.3, -0.25) is 4.79 Å². The highest BCUT2D eigenvalue weighted by molar-refractivity contribution is 5.62. The van der Waals surface area contributed by atoms with E-state index in [1.54, 1.807) is 0 Å². The van der Waals surface area contributed by atoms with Gasteiger partial charge in [0, 0.05) is 6.92 Å². The van der Waals surface area contributed by atoms with Crippen LogP contribution in [0.5, 0.6) is 0 Å². The quantitative estimate of drug-likeness (QED) is 0.424. The van der Waals surface area contributed by atoms with Gasteiger partial charge in [-0.2, -0.15) is 4.91 Å². The molecule has 2 N–H and O–H groups in total. The molecule has 0 fully saturated rings. The molecule has 0 unspecified atom stereocenters. The lowest BCUT2D eigenvalue weighted by atomic mass is 10.9. The molecule has 0 amide bonds. The molecule has 0 aliphatic carbocycles. The third kappa shape index (κ3) is 15.2. The van der Waals surface area contributed by atoms with Crippen LogP contribution in [0.1, 0.15) is 6.92 Å². The number of rotatable bonds is 0. The molecule has 0 atom stereocenters. The van der Waals surface area contributed by atoms with Gasteiger partial charge in [-0.05, 0) is 0 Å². The molecule has 0 aromatic carbocycles. The standard InChI is InChI=1S/C2H4O2.HNO/c1-2(3)4;1-2/h1H3,(H,3,4);1H. The third-order valence-electron chi connectivity index (χ3n) is 0.